The van der Waals surface area contributed by atoms with Crippen LogP contribution in [0, 0.1) is 0 Å². The quantitative estimate of drug-likeness (QED) is 0.711. The first-order chi connectivity index (χ1) is 9.08. The molecule has 2 heterocycles. The van der Waals surface area contributed by atoms with Crippen molar-refractivity contribution >= 4 is 11.8 Å². The van der Waals surface area contributed by atoms with Gasteiger partial charge in [0.25, 0.3) is 0 Å². The van der Waals surface area contributed by atoms with Crippen LogP contribution in [0.5, 0.6) is 0 Å². The molecule has 0 aromatic heterocycles. The van der Waals surface area contributed by atoms with E-state index in [2.05, 4.69) is 5.32 Å². The Hall–Kier alpha value is -1.14. The monoisotopic (exact) mass is 268 g/mol. The Morgan fingerprint density at radius 1 is 1.16 bits per heavy atom. The minimum atomic E-state index is 0.00373. The van der Waals surface area contributed by atoms with Gasteiger partial charge in [-0.1, -0.05) is 0 Å². The first-order valence-electron chi connectivity index (χ1n) is 7.02. The molecule has 2 rings (SSSR count). The molecule has 19 heavy (non-hydrogen) atoms. The highest BCUT2D eigenvalue weighted by Crippen LogP contribution is 2.11. The average molecular weight is 268 g/mol. The number of piperazine rings is 1. The third-order valence-corrected chi connectivity index (χ3v) is 3.75. The maximum Gasteiger partial charge on any atom is 0.239 e. The normalized spacial score (nSPS) is 24.1. The number of hydrogen-bond acceptors (Lipinski definition) is 4. The standard InChI is InChI=1S/C13H24N4O2/c1-15(2)10-12(18)16-6-8-17(9-7-16)13(19)11-4-3-5-14-11/h11,14H,3-10H2,1-2H3/t11-/m0/s1. The molecule has 2 aliphatic rings. The summed E-state index contributed by atoms with van der Waals surface area (Å²) in [6.07, 6.45) is 2.02. The highest BCUT2D eigenvalue weighted by atomic mass is 16.2. The molecule has 1 atom stereocenters. The summed E-state index contributed by atoms with van der Waals surface area (Å²) >= 11 is 0. The van der Waals surface area contributed by atoms with Crippen LogP contribution in [0.2, 0.25) is 0 Å². The van der Waals surface area contributed by atoms with Gasteiger partial charge >= 0.3 is 0 Å². The largest absolute Gasteiger partial charge is 0.338 e. The zero-order valence-corrected chi connectivity index (χ0v) is 11.9. The van der Waals surface area contributed by atoms with Gasteiger partial charge in [-0.15, -0.1) is 0 Å². The summed E-state index contributed by atoms with van der Waals surface area (Å²) in [5.74, 6) is 0.355. The Kier molecular flexibility index (Phi) is 4.76. The molecule has 0 bridgehead atoms. The molecule has 2 saturated heterocycles. The molecular weight excluding hydrogens is 244 g/mol. The molecule has 0 aromatic carbocycles. The van der Waals surface area contributed by atoms with Crippen molar-refractivity contribution in [1.82, 2.24) is 20.0 Å². The molecule has 6 heteroatoms. The Morgan fingerprint density at radius 2 is 1.79 bits per heavy atom. The summed E-state index contributed by atoms with van der Waals surface area (Å²) in [6, 6.07) is 0.00373. The fourth-order valence-corrected chi connectivity index (χ4v) is 2.66. The minimum absolute atomic E-state index is 0.00373. The van der Waals surface area contributed by atoms with Gasteiger partial charge < -0.3 is 20.0 Å². The average Bonchev–Trinajstić information content (AvgIpc) is 2.91. The van der Waals surface area contributed by atoms with Crippen molar-refractivity contribution in [3.05, 3.63) is 0 Å². The third kappa shape index (κ3) is 3.67. The Bertz CT molecular complexity index is 332. The van der Waals surface area contributed by atoms with E-state index in [1.807, 2.05) is 28.8 Å². The van der Waals surface area contributed by atoms with E-state index >= 15 is 0 Å². The number of nitrogens with one attached hydrogen (secondary N) is 1. The van der Waals surface area contributed by atoms with Gasteiger partial charge in [0.2, 0.25) is 11.8 Å². The number of nitrogens with zero attached hydrogens (tertiary/aromatic N) is 3. The van der Waals surface area contributed by atoms with Crippen LogP contribution in [0.4, 0.5) is 0 Å². The van der Waals surface area contributed by atoms with Crippen molar-refractivity contribution < 1.29 is 9.59 Å². The van der Waals surface area contributed by atoms with Crippen molar-refractivity contribution in [2.24, 2.45) is 0 Å². The van der Waals surface area contributed by atoms with E-state index in [0.717, 1.165) is 19.4 Å². The maximum atomic E-state index is 12.2. The van der Waals surface area contributed by atoms with E-state index in [1.54, 1.807) is 0 Å². The highest BCUT2D eigenvalue weighted by Gasteiger charge is 2.30. The maximum absolute atomic E-state index is 12.2. The van der Waals surface area contributed by atoms with Crippen LogP contribution >= 0.6 is 0 Å². The first-order valence-corrected chi connectivity index (χ1v) is 7.02. The van der Waals surface area contributed by atoms with Crippen LogP contribution in [0.1, 0.15) is 12.8 Å². The molecule has 0 radical (unpaired) electrons. The molecule has 2 fully saturated rings. The van der Waals surface area contributed by atoms with E-state index in [-0.39, 0.29) is 17.9 Å². The van der Waals surface area contributed by atoms with Gasteiger partial charge in [-0.25, -0.2) is 0 Å². The minimum Gasteiger partial charge on any atom is -0.338 e. The molecule has 0 aliphatic carbocycles. The lowest BCUT2D eigenvalue weighted by Crippen LogP contribution is -2.55. The van der Waals surface area contributed by atoms with Crippen LogP contribution in [0.3, 0.4) is 0 Å². The molecular formula is C13H24N4O2. The van der Waals surface area contributed by atoms with Crippen molar-refractivity contribution in [3.63, 3.8) is 0 Å². The van der Waals surface area contributed by atoms with Gasteiger partial charge in [-0.05, 0) is 33.5 Å². The fourth-order valence-electron chi connectivity index (χ4n) is 2.66. The van der Waals surface area contributed by atoms with Gasteiger partial charge in [0.05, 0.1) is 12.6 Å². The van der Waals surface area contributed by atoms with Crippen LogP contribution < -0.4 is 5.32 Å². The second-order valence-electron chi connectivity index (χ2n) is 5.59. The summed E-state index contributed by atoms with van der Waals surface area (Å²) in [6.45, 7) is 4.03. The summed E-state index contributed by atoms with van der Waals surface area (Å²) in [7, 11) is 3.78. The Labute approximate surface area is 114 Å². The zero-order chi connectivity index (χ0) is 13.8. The van der Waals surface area contributed by atoms with Gasteiger partial charge in [0.1, 0.15) is 0 Å². The number of carbonyl (C=O) groups excluding carboxylic acids is 2. The molecule has 6 nitrogen and oxygen atoms in total. The number of hydrogen-bond donors (Lipinski definition) is 1. The fraction of sp³-hybridized carbons (Fsp3) is 0.846. The Balaban J connectivity index is 1.78. The second-order valence-corrected chi connectivity index (χ2v) is 5.59. The summed E-state index contributed by atoms with van der Waals surface area (Å²) in [5.41, 5.74) is 0. The smallest absolute Gasteiger partial charge is 0.239 e. The van der Waals surface area contributed by atoms with Crippen LogP contribution in [0.15, 0.2) is 0 Å². The summed E-state index contributed by atoms with van der Waals surface area (Å²) in [5, 5.41) is 3.24. The van der Waals surface area contributed by atoms with Gasteiger partial charge in [0.15, 0.2) is 0 Å². The van der Waals surface area contributed by atoms with Gasteiger partial charge in [-0.3, -0.25) is 9.59 Å². The number of likely N-dealkylation sites (N-methyl/N-ethyl adjacent to an activating group) is 1. The van der Waals surface area contributed by atoms with Crippen LogP contribution in [0.25, 0.3) is 0 Å². The van der Waals surface area contributed by atoms with E-state index < -0.39 is 0 Å². The van der Waals surface area contributed by atoms with E-state index in [9.17, 15) is 9.59 Å². The van der Waals surface area contributed by atoms with Gasteiger partial charge in [-0.2, -0.15) is 0 Å². The first kappa shape index (κ1) is 14.3. The molecule has 2 aliphatic heterocycles. The zero-order valence-electron chi connectivity index (χ0n) is 11.9. The van der Waals surface area contributed by atoms with Crippen molar-refractivity contribution in [2.45, 2.75) is 18.9 Å². The molecule has 2 amide bonds. The second kappa shape index (κ2) is 6.34. The van der Waals surface area contributed by atoms with Crippen molar-refractivity contribution in [3.8, 4) is 0 Å². The Morgan fingerprint density at radius 3 is 2.32 bits per heavy atom. The van der Waals surface area contributed by atoms with Gasteiger partial charge in [0, 0.05) is 26.2 Å². The van der Waals surface area contributed by atoms with E-state index in [0.29, 0.717) is 32.7 Å². The molecule has 1 N–H and O–H groups in total. The molecule has 0 aromatic rings. The van der Waals surface area contributed by atoms with Crippen molar-refractivity contribution in [1.29, 1.82) is 0 Å². The third-order valence-electron chi connectivity index (χ3n) is 3.75. The number of amides is 2. The van der Waals surface area contributed by atoms with Crippen LogP contribution in [-0.4, -0.2) is 85.9 Å². The summed E-state index contributed by atoms with van der Waals surface area (Å²) in [4.78, 5) is 29.7. The number of carbonyl (C=O) groups is 2. The molecule has 0 unspecified atom stereocenters. The summed E-state index contributed by atoms with van der Waals surface area (Å²) < 4.78 is 0. The van der Waals surface area contributed by atoms with Crippen LogP contribution in [-0.2, 0) is 9.59 Å². The highest BCUT2D eigenvalue weighted by molar-refractivity contribution is 5.83. The van der Waals surface area contributed by atoms with Crippen molar-refractivity contribution in [2.75, 3.05) is 53.4 Å². The lowest BCUT2D eigenvalue weighted by atomic mass is 10.2. The lowest BCUT2D eigenvalue weighted by molar-refractivity contribution is -0.140. The van der Waals surface area contributed by atoms with E-state index in [1.165, 1.54) is 0 Å². The molecule has 0 spiro atoms. The predicted molar refractivity (Wildman–Crippen MR) is 72.7 cm³/mol. The number of rotatable bonds is 3. The van der Waals surface area contributed by atoms with E-state index in [4.69, 9.17) is 0 Å². The molecule has 0 saturated carbocycles. The molecule has 108 valence electrons. The predicted octanol–water partition coefficient (Wildman–Crippen LogP) is -1.03. The SMILES string of the molecule is CN(C)CC(=O)N1CCN(C(=O)[C@@H]2CCCN2)CC1. The topological polar surface area (TPSA) is 55.9 Å². The lowest BCUT2D eigenvalue weighted by Gasteiger charge is -2.36.